The number of rotatable bonds is 9. The van der Waals surface area contributed by atoms with Gasteiger partial charge < -0.3 is 14.6 Å². The molecular formula is C21H35N5O4. The number of nitrogens with one attached hydrogen (secondary N) is 1. The lowest BCUT2D eigenvalue weighted by Crippen LogP contribution is -2.22. The zero-order valence-electron chi connectivity index (χ0n) is 18.0. The second-order valence-corrected chi connectivity index (χ2v) is 7.06. The molecule has 30 heavy (non-hydrogen) atoms. The first-order valence-electron chi connectivity index (χ1n) is 10.5. The fraction of sp³-hybridized carbons (Fsp3) is 0.571. The number of hydrogen-bond acceptors (Lipinski definition) is 6. The number of ether oxygens (including phenoxy) is 1. The summed E-state index contributed by atoms with van der Waals surface area (Å²) >= 11 is 0. The van der Waals surface area contributed by atoms with Crippen molar-refractivity contribution < 1.29 is 17.2 Å². The van der Waals surface area contributed by atoms with Crippen LogP contribution in [0.3, 0.4) is 0 Å². The Bertz CT molecular complexity index is 894. The van der Waals surface area contributed by atoms with Gasteiger partial charge in [0.2, 0.25) is 5.91 Å². The van der Waals surface area contributed by atoms with Gasteiger partial charge in [0.1, 0.15) is 5.69 Å². The molecule has 9 nitrogen and oxygen atoms in total. The van der Waals surface area contributed by atoms with Gasteiger partial charge in [0.25, 0.3) is 5.56 Å². The first kappa shape index (κ1) is 23.5. The molecule has 3 heterocycles. The number of anilines is 1. The van der Waals surface area contributed by atoms with Gasteiger partial charge in [-0.1, -0.05) is 19.1 Å². The fourth-order valence-corrected chi connectivity index (χ4v) is 3.11. The Hall–Kier alpha value is -2.81. The highest BCUT2D eigenvalue weighted by Gasteiger charge is 2.19. The number of hydrogen-bond donors (Lipinski definition) is 1. The van der Waals surface area contributed by atoms with Gasteiger partial charge in [0, 0.05) is 60.5 Å². The summed E-state index contributed by atoms with van der Waals surface area (Å²) in [6.07, 6.45) is 6.22. The maximum Gasteiger partial charge on any atom is 0.252 e. The van der Waals surface area contributed by atoms with E-state index in [2.05, 4.69) is 15.6 Å². The lowest BCUT2D eigenvalue weighted by Gasteiger charge is -2.10. The van der Waals surface area contributed by atoms with Gasteiger partial charge in [-0.25, -0.2) is 0 Å². The molecule has 3 rings (SSSR count). The normalized spacial score (nSPS) is 15.4. The first-order chi connectivity index (χ1) is 14.5. The van der Waals surface area contributed by atoms with Crippen LogP contribution in [-0.4, -0.2) is 44.5 Å². The van der Waals surface area contributed by atoms with E-state index in [1.54, 1.807) is 27.7 Å². The van der Waals surface area contributed by atoms with Crippen molar-refractivity contribution in [2.45, 2.75) is 59.5 Å². The molecule has 2 aromatic heterocycles. The maximum atomic E-state index is 12.2. The van der Waals surface area contributed by atoms with E-state index in [0.29, 0.717) is 44.1 Å². The lowest BCUT2D eigenvalue weighted by atomic mass is 10.0. The highest BCUT2D eigenvalue weighted by Crippen LogP contribution is 2.17. The van der Waals surface area contributed by atoms with E-state index >= 15 is 0 Å². The Morgan fingerprint density at radius 2 is 2.07 bits per heavy atom. The summed E-state index contributed by atoms with van der Waals surface area (Å²) in [5.41, 5.74) is 0.723. The Balaban J connectivity index is 0.00000234. The average Bonchev–Trinajstić information content (AvgIpc) is 3.40. The summed E-state index contributed by atoms with van der Waals surface area (Å²) in [5, 5.41) is 10.5. The van der Waals surface area contributed by atoms with Crippen molar-refractivity contribution in [3.05, 3.63) is 40.6 Å². The minimum Gasteiger partial charge on any atom is -0.381 e. The van der Waals surface area contributed by atoms with Crippen molar-refractivity contribution in [3.8, 4) is 0 Å². The molecule has 1 N–H and O–H groups in total. The molecule has 0 radical (unpaired) electrons. The predicted molar refractivity (Wildman–Crippen MR) is 118 cm³/mol. The van der Waals surface area contributed by atoms with E-state index in [1.165, 1.54) is 13.0 Å². The van der Waals surface area contributed by atoms with Crippen molar-refractivity contribution in [3.63, 3.8) is 0 Å². The lowest BCUT2D eigenvalue weighted by molar-refractivity contribution is -0.117. The number of aryl methyl sites for hydroxylation is 2. The van der Waals surface area contributed by atoms with Gasteiger partial charge in [0.15, 0.2) is 5.78 Å². The van der Waals surface area contributed by atoms with E-state index < -0.39 is 0 Å². The Kier molecular flexibility index (Phi) is 9.40. The number of aromatic nitrogens is 4. The molecule has 1 atom stereocenters. The Labute approximate surface area is 179 Å². The molecule has 1 fully saturated rings. The van der Waals surface area contributed by atoms with Crippen LogP contribution in [-0.2, 0) is 22.6 Å². The number of carbonyl (C=O) groups excluding carboxylic acids is 2. The van der Waals surface area contributed by atoms with E-state index in [0.717, 1.165) is 19.3 Å². The molecule has 1 amide bonds. The van der Waals surface area contributed by atoms with Crippen LogP contribution in [0, 0.1) is 5.92 Å². The van der Waals surface area contributed by atoms with Gasteiger partial charge in [-0.3, -0.25) is 19.1 Å². The van der Waals surface area contributed by atoms with Crippen LogP contribution in [0.5, 0.6) is 0 Å². The van der Waals surface area contributed by atoms with Gasteiger partial charge in [0.05, 0.1) is 6.20 Å². The molecule has 2 aromatic rings. The molecule has 168 valence electrons. The number of nitrogens with zero attached hydrogens (tertiary/aromatic N) is 4. The molecule has 1 unspecified atom stereocenters. The van der Waals surface area contributed by atoms with Crippen molar-refractivity contribution in [2.24, 2.45) is 5.92 Å². The van der Waals surface area contributed by atoms with E-state index in [4.69, 9.17) is 4.74 Å². The molecule has 0 aromatic carbocycles. The van der Waals surface area contributed by atoms with Gasteiger partial charge in [-0.15, -0.1) is 5.10 Å². The Morgan fingerprint density at radius 3 is 2.70 bits per heavy atom. The van der Waals surface area contributed by atoms with Crippen molar-refractivity contribution in [1.82, 2.24) is 19.6 Å². The van der Waals surface area contributed by atoms with E-state index in [-0.39, 0.29) is 26.0 Å². The highest BCUT2D eigenvalue weighted by atomic mass is 16.5. The van der Waals surface area contributed by atoms with Crippen LogP contribution in [0.2, 0.25) is 0 Å². The quantitative estimate of drug-likeness (QED) is 0.492. The minimum absolute atomic E-state index is 0. The molecule has 0 saturated carbocycles. The number of unbranched alkanes of at least 4 members (excludes halogenated alkanes) is 1. The smallest absolute Gasteiger partial charge is 0.252 e. The number of Topliss-reactive ketones (excluding diaryl/α,β-unsaturated/α-hetero) is 1. The van der Waals surface area contributed by atoms with Crippen LogP contribution in [0.4, 0.5) is 5.69 Å². The minimum atomic E-state index is -0.151. The van der Waals surface area contributed by atoms with Crippen LogP contribution in [0.1, 0.15) is 59.8 Å². The maximum absolute atomic E-state index is 12.2. The molecule has 0 spiro atoms. The van der Waals surface area contributed by atoms with Gasteiger partial charge in [-0.2, -0.15) is 0 Å². The average molecular weight is 422 g/mol. The van der Waals surface area contributed by atoms with Gasteiger partial charge >= 0.3 is 0 Å². The molecule has 1 saturated heterocycles. The Morgan fingerprint density at radius 1 is 1.30 bits per heavy atom. The molecule has 0 bridgehead atoms. The third-order valence-corrected chi connectivity index (χ3v) is 4.71. The second kappa shape index (κ2) is 12.0. The number of ketones is 1. The van der Waals surface area contributed by atoms with Crippen LogP contribution >= 0.6 is 0 Å². The summed E-state index contributed by atoms with van der Waals surface area (Å²) in [6.45, 7) is 7.99. The zero-order valence-corrected chi connectivity index (χ0v) is 18.0. The third-order valence-electron chi connectivity index (χ3n) is 4.71. The van der Waals surface area contributed by atoms with Crippen molar-refractivity contribution >= 4 is 17.4 Å². The fourth-order valence-electron chi connectivity index (χ4n) is 3.11. The largest absolute Gasteiger partial charge is 0.381 e. The van der Waals surface area contributed by atoms with Gasteiger partial charge in [-0.05, 0) is 31.2 Å². The molecular weight excluding hydrogens is 386 g/mol. The third kappa shape index (κ3) is 7.22. The van der Waals surface area contributed by atoms with Crippen molar-refractivity contribution in [2.75, 3.05) is 18.5 Å². The summed E-state index contributed by atoms with van der Waals surface area (Å²) in [6, 6.07) is 3.18. The summed E-state index contributed by atoms with van der Waals surface area (Å²) in [7, 11) is 0. The first-order valence-corrected chi connectivity index (χ1v) is 10.5. The number of carbonyl (C=O) groups is 2. The highest BCUT2D eigenvalue weighted by molar-refractivity contribution is 5.91. The molecule has 1 aliphatic rings. The van der Waals surface area contributed by atoms with E-state index in [1.807, 2.05) is 13.8 Å². The van der Waals surface area contributed by atoms with Crippen LogP contribution < -0.4 is 10.9 Å². The monoisotopic (exact) mass is 421 g/mol. The summed E-state index contributed by atoms with van der Waals surface area (Å²) in [5.74, 6) is 0.0591. The van der Waals surface area contributed by atoms with E-state index in [9.17, 15) is 14.4 Å². The predicted octanol–water partition coefficient (Wildman–Crippen LogP) is 3.01. The number of amides is 1. The second-order valence-electron chi connectivity index (χ2n) is 7.06. The zero-order chi connectivity index (χ0) is 21.9. The van der Waals surface area contributed by atoms with Crippen LogP contribution in [0.25, 0.3) is 0 Å². The van der Waals surface area contributed by atoms with Crippen LogP contribution in [0.15, 0.2) is 29.3 Å². The summed E-state index contributed by atoms with van der Waals surface area (Å²) in [4.78, 5) is 35.5. The van der Waals surface area contributed by atoms with Crippen molar-refractivity contribution in [1.29, 1.82) is 0 Å². The topological polar surface area (TPSA) is 108 Å². The molecule has 1 aliphatic heterocycles. The molecule has 9 heteroatoms. The SMILES string of the molecule is CC.CC(=O)c1cn(CCCCn2ccc(NC(=O)CC3CCOC3)cc2=O)nn1.[HH].[HH]. The number of pyridine rings is 1. The standard InChI is InChI=1S/C19H25N5O4.C2H6.2H2/c1-14(25)17-12-24(22-21-17)7-3-2-6-23-8-4-16(11-19(23)27)20-18(26)10-15-5-9-28-13-15;1-2;;/h4,8,11-12,15H,2-3,5-7,9-10,13H2,1H3,(H,20,26);1-2H3;2*1H. The summed E-state index contributed by atoms with van der Waals surface area (Å²) < 4.78 is 8.52. The molecule has 0 aliphatic carbocycles.